The Hall–Kier alpha value is -3.70. The fourth-order valence-corrected chi connectivity index (χ4v) is 3.06. The average molecular weight is 500 g/mol. The van der Waals surface area contributed by atoms with Crippen molar-refractivity contribution in [2.75, 3.05) is 17.7 Å². The van der Waals surface area contributed by atoms with Gasteiger partial charge in [0.2, 0.25) is 5.95 Å². The molecule has 0 amide bonds. The first-order valence-corrected chi connectivity index (χ1v) is 10.2. The largest absolute Gasteiger partial charge is 0.573 e. The molecule has 6 nitrogen and oxygen atoms in total. The van der Waals surface area contributed by atoms with Gasteiger partial charge in [-0.05, 0) is 51.1 Å². The molecule has 3 aromatic rings. The van der Waals surface area contributed by atoms with E-state index >= 15 is 0 Å². The Labute approximate surface area is 197 Å². The highest BCUT2D eigenvalue weighted by molar-refractivity contribution is 5.69. The van der Waals surface area contributed by atoms with E-state index in [9.17, 15) is 26.3 Å². The maximum atomic E-state index is 13.4. The number of ether oxygens (including phenoxy) is 2. The predicted molar refractivity (Wildman–Crippen MR) is 119 cm³/mol. The average Bonchev–Trinajstić information content (AvgIpc) is 2.70. The van der Waals surface area contributed by atoms with Crippen LogP contribution in [-0.4, -0.2) is 29.0 Å². The Bertz CT molecular complexity index is 1190. The third kappa shape index (κ3) is 7.39. The van der Waals surface area contributed by atoms with Gasteiger partial charge < -0.3 is 20.1 Å². The first kappa shape index (κ1) is 25.9. The van der Waals surface area contributed by atoms with Gasteiger partial charge in [0.1, 0.15) is 17.3 Å². The summed E-state index contributed by atoms with van der Waals surface area (Å²) in [4.78, 5) is 8.65. The summed E-state index contributed by atoms with van der Waals surface area (Å²) in [6.07, 6.45) is -9.53. The maximum Gasteiger partial charge on any atom is 0.573 e. The van der Waals surface area contributed by atoms with Crippen molar-refractivity contribution in [1.82, 2.24) is 9.97 Å². The lowest BCUT2D eigenvalue weighted by Gasteiger charge is -2.21. The zero-order valence-electron chi connectivity index (χ0n) is 19.1. The molecule has 0 aliphatic heterocycles. The quantitative estimate of drug-likeness (QED) is 0.355. The number of hydrogen-bond acceptors (Lipinski definition) is 6. The van der Waals surface area contributed by atoms with Crippen LogP contribution in [0.4, 0.5) is 43.8 Å². The highest BCUT2D eigenvalue weighted by atomic mass is 19.4. The Morgan fingerprint density at radius 3 is 2.17 bits per heavy atom. The summed E-state index contributed by atoms with van der Waals surface area (Å²) >= 11 is 0. The molecule has 0 saturated carbocycles. The molecule has 0 unspecified atom stereocenters. The van der Waals surface area contributed by atoms with Crippen molar-refractivity contribution in [3.05, 3.63) is 54.1 Å². The Balaban J connectivity index is 2.04. The smallest absolute Gasteiger partial charge is 0.496 e. The monoisotopic (exact) mass is 500 g/mol. The molecule has 0 atom stereocenters. The normalized spacial score (nSPS) is 12.3. The maximum absolute atomic E-state index is 13.4. The van der Waals surface area contributed by atoms with E-state index in [0.29, 0.717) is 0 Å². The highest BCUT2D eigenvalue weighted by Gasteiger charge is 2.34. The number of benzene rings is 2. The Kier molecular flexibility index (Phi) is 7.04. The van der Waals surface area contributed by atoms with Crippen LogP contribution in [0, 0.1) is 0 Å². The fourth-order valence-electron chi connectivity index (χ4n) is 3.06. The van der Waals surface area contributed by atoms with Crippen molar-refractivity contribution in [1.29, 1.82) is 0 Å². The van der Waals surface area contributed by atoms with Crippen molar-refractivity contribution in [2.45, 2.75) is 38.8 Å². The van der Waals surface area contributed by atoms with E-state index < -0.39 is 29.4 Å². The first-order chi connectivity index (χ1) is 16.1. The van der Waals surface area contributed by atoms with E-state index in [1.54, 1.807) is 0 Å². The number of alkyl halides is 6. The van der Waals surface area contributed by atoms with Crippen LogP contribution >= 0.6 is 0 Å². The number of nitrogens with zero attached hydrogens (tertiary/aromatic N) is 2. The summed E-state index contributed by atoms with van der Waals surface area (Å²) in [5.41, 5.74) is -0.907. The van der Waals surface area contributed by atoms with Gasteiger partial charge in [0.05, 0.1) is 18.4 Å². The molecular weight excluding hydrogens is 478 g/mol. The third-order valence-corrected chi connectivity index (χ3v) is 4.35. The van der Waals surface area contributed by atoms with Gasteiger partial charge in [0.15, 0.2) is 0 Å². The van der Waals surface area contributed by atoms with Crippen molar-refractivity contribution in [3.63, 3.8) is 0 Å². The van der Waals surface area contributed by atoms with Gasteiger partial charge in [0, 0.05) is 22.9 Å². The van der Waals surface area contributed by atoms with Crippen molar-refractivity contribution in [3.8, 4) is 22.8 Å². The number of rotatable bonds is 6. The zero-order valence-corrected chi connectivity index (χ0v) is 19.1. The van der Waals surface area contributed by atoms with E-state index in [0.717, 1.165) is 25.3 Å². The minimum absolute atomic E-state index is 0.0682. The lowest BCUT2D eigenvalue weighted by molar-refractivity contribution is -0.274. The number of nitrogens with one attached hydrogen (secondary N) is 2. The lowest BCUT2D eigenvalue weighted by Crippen LogP contribution is -2.27. The summed E-state index contributed by atoms with van der Waals surface area (Å²) in [5, 5.41) is 5.85. The third-order valence-electron chi connectivity index (χ3n) is 4.35. The predicted octanol–water partition coefficient (Wildman–Crippen LogP) is 7.02. The molecule has 0 spiro atoms. The first-order valence-electron chi connectivity index (χ1n) is 10.2. The molecule has 35 heavy (non-hydrogen) atoms. The van der Waals surface area contributed by atoms with E-state index in [1.807, 2.05) is 20.8 Å². The van der Waals surface area contributed by atoms with Crippen LogP contribution in [0.15, 0.2) is 48.5 Å². The van der Waals surface area contributed by atoms with Gasteiger partial charge in [0.25, 0.3) is 0 Å². The number of methoxy groups -OCH3 is 1. The van der Waals surface area contributed by atoms with Crippen LogP contribution < -0.4 is 20.1 Å². The highest BCUT2D eigenvalue weighted by Crippen LogP contribution is 2.38. The van der Waals surface area contributed by atoms with Gasteiger partial charge >= 0.3 is 12.5 Å². The topological polar surface area (TPSA) is 68.3 Å². The second-order valence-corrected chi connectivity index (χ2v) is 8.45. The van der Waals surface area contributed by atoms with Crippen LogP contribution in [0.1, 0.15) is 26.3 Å². The molecule has 12 heteroatoms. The molecule has 2 N–H and O–H groups in total. The minimum atomic E-state index is -4.87. The molecule has 0 bridgehead atoms. The van der Waals surface area contributed by atoms with E-state index in [1.165, 1.54) is 30.3 Å². The van der Waals surface area contributed by atoms with Crippen LogP contribution in [-0.2, 0) is 6.18 Å². The summed E-state index contributed by atoms with van der Waals surface area (Å²) in [6, 6.07) is 9.99. The van der Waals surface area contributed by atoms with Crippen LogP contribution in [0.2, 0.25) is 0 Å². The molecule has 188 valence electrons. The standard InChI is InChI=1S/C23H22F6N4O2/c1-21(2,3)33-20-31-17(13-6-5-7-15(10-13)35-23(27,28)29)12-19(32-20)30-14-8-9-18(34-4)16(11-14)22(24,25)26/h5-12H,1-4H3,(H2,30,31,32,33). The molecule has 0 radical (unpaired) electrons. The molecule has 1 aromatic heterocycles. The fraction of sp³-hybridized carbons (Fsp3) is 0.304. The van der Waals surface area contributed by atoms with Crippen LogP contribution in [0.25, 0.3) is 11.3 Å². The second kappa shape index (κ2) is 9.51. The zero-order chi connectivity index (χ0) is 26.0. The Morgan fingerprint density at radius 1 is 0.857 bits per heavy atom. The van der Waals surface area contributed by atoms with Gasteiger partial charge in [-0.15, -0.1) is 13.2 Å². The number of aromatic nitrogens is 2. The minimum Gasteiger partial charge on any atom is -0.496 e. The second-order valence-electron chi connectivity index (χ2n) is 8.45. The number of hydrogen-bond donors (Lipinski definition) is 2. The number of anilines is 3. The lowest BCUT2D eigenvalue weighted by atomic mass is 10.1. The van der Waals surface area contributed by atoms with Gasteiger partial charge in [-0.3, -0.25) is 0 Å². The van der Waals surface area contributed by atoms with Gasteiger partial charge in [-0.1, -0.05) is 12.1 Å². The summed E-state index contributed by atoms with van der Waals surface area (Å²) in [5.74, 6) is -0.562. The van der Waals surface area contributed by atoms with Crippen molar-refractivity contribution >= 4 is 17.5 Å². The Morgan fingerprint density at radius 2 is 1.57 bits per heavy atom. The van der Waals surface area contributed by atoms with Crippen molar-refractivity contribution in [2.24, 2.45) is 0 Å². The molecule has 0 aliphatic rings. The van der Waals surface area contributed by atoms with E-state index in [-0.39, 0.29) is 34.5 Å². The van der Waals surface area contributed by atoms with Crippen LogP contribution in [0.5, 0.6) is 11.5 Å². The van der Waals surface area contributed by atoms with E-state index in [4.69, 9.17) is 4.74 Å². The van der Waals surface area contributed by atoms with E-state index in [2.05, 4.69) is 25.3 Å². The number of halogens is 6. The molecular formula is C23H22F6N4O2. The molecule has 0 fully saturated rings. The molecule has 2 aromatic carbocycles. The summed E-state index contributed by atoms with van der Waals surface area (Å²) in [6.45, 7) is 5.52. The summed E-state index contributed by atoms with van der Waals surface area (Å²) in [7, 11) is 1.13. The summed E-state index contributed by atoms with van der Waals surface area (Å²) < 4.78 is 86.9. The SMILES string of the molecule is COc1ccc(Nc2cc(-c3cccc(OC(F)(F)F)c3)nc(NC(C)(C)C)n2)cc1C(F)(F)F. The molecule has 1 heterocycles. The van der Waals surface area contributed by atoms with Crippen LogP contribution in [0.3, 0.4) is 0 Å². The van der Waals surface area contributed by atoms with Gasteiger partial charge in [-0.25, -0.2) is 4.98 Å². The van der Waals surface area contributed by atoms with Crippen molar-refractivity contribution < 1.29 is 35.8 Å². The molecule has 0 saturated heterocycles. The molecule has 0 aliphatic carbocycles. The van der Waals surface area contributed by atoms with Gasteiger partial charge in [-0.2, -0.15) is 18.2 Å². The molecule has 3 rings (SSSR count).